The zero-order valence-corrected chi connectivity index (χ0v) is 13.9. The predicted octanol–water partition coefficient (Wildman–Crippen LogP) is 2.85. The van der Waals surface area contributed by atoms with Crippen molar-refractivity contribution >= 4 is 5.82 Å². The predicted molar refractivity (Wildman–Crippen MR) is 88.2 cm³/mol. The molecule has 2 unspecified atom stereocenters. The van der Waals surface area contributed by atoms with Gasteiger partial charge in [0.2, 0.25) is 0 Å². The first-order chi connectivity index (χ1) is 11.0. The van der Waals surface area contributed by atoms with Crippen LogP contribution in [0, 0.1) is 5.92 Å². The van der Waals surface area contributed by atoms with E-state index < -0.39 is 0 Å². The average Bonchev–Trinajstić information content (AvgIpc) is 3.05. The minimum atomic E-state index is -0.287. The summed E-state index contributed by atoms with van der Waals surface area (Å²) in [4.78, 5) is 11.2. The highest BCUT2D eigenvalue weighted by molar-refractivity contribution is 5.58. The van der Waals surface area contributed by atoms with E-state index >= 15 is 0 Å². The molecule has 0 bridgehead atoms. The molecule has 124 valence electrons. The van der Waals surface area contributed by atoms with E-state index in [2.05, 4.69) is 20.0 Å². The van der Waals surface area contributed by atoms with Crippen LogP contribution in [0.15, 0.2) is 22.9 Å². The van der Waals surface area contributed by atoms with Crippen molar-refractivity contribution in [3.63, 3.8) is 0 Å². The lowest BCUT2D eigenvalue weighted by molar-refractivity contribution is 0.115. The van der Waals surface area contributed by atoms with Crippen molar-refractivity contribution in [2.45, 2.75) is 45.6 Å². The van der Waals surface area contributed by atoms with Gasteiger partial charge in [0.15, 0.2) is 5.82 Å². The molecule has 6 heteroatoms. The SMILES string of the molecule is CC(C)c1noc(-c2ccnc(N3CCCC(C(C)O)C3)c2)n1. The molecule has 0 aliphatic carbocycles. The van der Waals surface area contributed by atoms with Crippen LogP contribution in [0.5, 0.6) is 0 Å². The second-order valence-electron chi connectivity index (χ2n) is 6.60. The molecule has 1 saturated heterocycles. The van der Waals surface area contributed by atoms with Crippen molar-refractivity contribution in [2.75, 3.05) is 18.0 Å². The fraction of sp³-hybridized carbons (Fsp3) is 0.588. The molecule has 0 radical (unpaired) electrons. The number of anilines is 1. The minimum Gasteiger partial charge on any atom is -0.393 e. The molecular weight excluding hydrogens is 292 g/mol. The van der Waals surface area contributed by atoms with Gasteiger partial charge in [-0.05, 0) is 31.9 Å². The Labute approximate surface area is 136 Å². The number of hydrogen-bond donors (Lipinski definition) is 1. The summed E-state index contributed by atoms with van der Waals surface area (Å²) < 4.78 is 5.37. The van der Waals surface area contributed by atoms with Gasteiger partial charge in [0.1, 0.15) is 5.82 Å². The molecule has 0 saturated carbocycles. The van der Waals surface area contributed by atoms with Crippen LogP contribution in [0.3, 0.4) is 0 Å². The van der Waals surface area contributed by atoms with E-state index in [1.54, 1.807) is 6.20 Å². The Balaban J connectivity index is 1.81. The molecule has 1 N–H and O–H groups in total. The van der Waals surface area contributed by atoms with E-state index in [1.165, 1.54) is 0 Å². The molecule has 3 heterocycles. The minimum absolute atomic E-state index is 0.239. The largest absolute Gasteiger partial charge is 0.393 e. The number of pyridine rings is 1. The van der Waals surface area contributed by atoms with Crippen molar-refractivity contribution in [1.82, 2.24) is 15.1 Å². The fourth-order valence-electron chi connectivity index (χ4n) is 2.92. The van der Waals surface area contributed by atoms with E-state index in [0.29, 0.717) is 17.6 Å². The van der Waals surface area contributed by atoms with E-state index in [-0.39, 0.29) is 12.0 Å². The van der Waals surface area contributed by atoms with Gasteiger partial charge in [-0.15, -0.1) is 0 Å². The van der Waals surface area contributed by atoms with Crippen LogP contribution in [0.25, 0.3) is 11.5 Å². The maximum absolute atomic E-state index is 9.85. The number of rotatable bonds is 4. The van der Waals surface area contributed by atoms with Crippen molar-refractivity contribution in [1.29, 1.82) is 0 Å². The maximum Gasteiger partial charge on any atom is 0.258 e. The summed E-state index contributed by atoms with van der Waals surface area (Å²) in [5.74, 6) is 2.68. The standard InChI is InChI=1S/C17H24N4O2/c1-11(2)16-19-17(23-20-16)13-6-7-18-15(9-13)21-8-4-5-14(10-21)12(3)22/h6-7,9,11-12,14,22H,4-5,8,10H2,1-3H3. The van der Waals surface area contributed by atoms with Crippen LogP contribution in [0.1, 0.15) is 45.4 Å². The second kappa shape index (κ2) is 6.66. The van der Waals surface area contributed by atoms with E-state index in [0.717, 1.165) is 37.3 Å². The molecule has 2 aromatic rings. The molecule has 1 fully saturated rings. The zero-order valence-electron chi connectivity index (χ0n) is 13.9. The van der Waals surface area contributed by atoms with Gasteiger partial charge >= 0.3 is 0 Å². The topological polar surface area (TPSA) is 75.3 Å². The number of aromatic nitrogens is 3. The summed E-state index contributed by atoms with van der Waals surface area (Å²) in [6.45, 7) is 7.73. The quantitative estimate of drug-likeness (QED) is 0.935. The van der Waals surface area contributed by atoms with Crippen LogP contribution in [0.4, 0.5) is 5.82 Å². The van der Waals surface area contributed by atoms with Gasteiger partial charge in [0, 0.05) is 36.7 Å². The van der Waals surface area contributed by atoms with Gasteiger partial charge in [-0.25, -0.2) is 4.98 Å². The third-order valence-electron chi connectivity index (χ3n) is 4.41. The lowest BCUT2D eigenvalue weighted by Crippen LogP contribution is -2.39. The Morgan fingerprint density at radius 1 is 1.35 bits per heavy atom. The van der Waals surface area contributed by atoms with Crippen LogP contribution in [0.2, 0.25) is 0 Å². The second-order valence-corrected chi connectivity index (χ2v) is 6.60. The zero-order chi connectivity index (χ0) is 16.4. The van der Waals surface area contributed by atoms with Crippen molar-refractivity contribution in [3.05, 3.63) is 24.2 Å². The van der Waals surface area contributed by atoms with Crippen LogP contribution in [-0.4, -0.2) is 39.4 Å². The highest BCUT2D eigenvalue weighted by atomic mass is 16.5. The first-order valence-electron chi connectivity index (χ1n) is 8.27. The summed E-state index contributed by atoms with van der Waals surface area (Å²) in [6.07, 6.45) is 3.62. The highest BCUT2D eigenvalue weighted by Crippen LogP contribution is 2.27. The molecule has 2 atom stereocenters. The third kappa shape index (κ3) is 3.52. The Kier molecular flexibility index (Phi) is 4.61. The molecule has 0 spiro atoms. The first kappa shape index (κ1) is 15.9. The smallest absolute Gasteiger partial charge is 0.258 e. The monoisotopic (exact) mass is 316 g/mol. The summed E-state index contributed by atoms with van der Waals surface area (Å²) in [6, 6.07) is 3.87. The summed E-state index contributed by atoms with van der Waals surface area (Å²) in [7, 11) is 0. The van der Waals surface area contributed by atoms with Gasteiger partial charge in [-0.1, -0.05) is 19.0 Å². The van der Waals surface area contributed by atoms with E-state index in [1.807, 2.05) is 32.9 Å². The van der Waals surface area contributed by atoms with Crippen molar-refractivity contribution < 1.29 is 9.63 Å². The summed E-state index contributed by atoms with van der Waals surface area (Å²) in [5.41, 5.74) is 0.883. The number of piperidine rings is 1. The average molecular weight is 316 g/mol. The van der Waals surface area contributed by atoms with E-state index in [4.69, 9.17) is 4.52 Å². The molecular formula is C17H24N4O2. The van der Waals surface area contributed by atoms with Gasteiger partial charge in [0.05, 0.1) is 6.10 Å². The van der Waals surface area contributed by atoms with Crippen LogP contribution in [-0.2, 0) is 0 Å². The highest BCUT2D eigenvalue weighted by Gasteiger charge is 2.24. The fourth-order valence-corrected chi connectivity index (χ4v) is 2.92. The number of aliphatic hydroxyl groups is 1. The molecule has 23 heavy (non-hydrogen) atoms. The first-order valence-corrected chi connectivity index (χ1v) is 8.27. The van der Waals surface area contributed by atoms with Gasteiger partial charge in [-0.2, -0.15) is 4.98 Å². The lowest BCUT2D eigenvalue weighted by Gasteiger charge is -2.35. The van der Waals surface area contributed by atoms with Crippen LogP contribution >= 0.6 is 0 Å². The molecule has 3 rings (SSSR count). The number of nitrogens with zero attached hydrogens (tertiary/aromatic N) is 4. The Morgan fingerprint density at radius 3 is 2.87 bits per heavy atom. The van der Waals surface area contributed by atoms with Crippen molar-refractivity contribution in [2.24, 2.45) is 5.92 Å². The number of hydrogen-bond acceptors (Lipinski definition) is 6. The van der Waals surface area contributed by atoms with Gasteiger partial charge < -0.3 is 14.5 Å². The normalized spacial score (nSPS) is 20.0. The van der Waals surface area contributed by atoms with E-state index in [9.17, 15) is 5.11 Å². The maximum atomic E-state index is 9.85. The van der Waals surface area contributed by atoms with Crippen molar-refractivity contribution in [3.8, 4) is 11.5 Å². The third-order valence-corrected chi connectivity index (χ3v) is 4.41. The molecule has 1 aliphatic heterocycles. The molecule has 2 aromatic heterocycles. The Hall–Kier alpha value is -1.95. The van der Waals surface area contributed by atoms with Crippen LogP contribution < -0.4 is 4.90 Å². The van der Waals surface area contributed by atoms with Gasteiger partial charge in [0.25, 0.3) is 5.89 Å². The molecule has 0 amide bonds. The summed E-state index contributed by atoms with van der Waals surface area (Å²) in [5, 5.41) is 13.9. The summed E-state index contributed by atoms with van der Waals surface area (Å²) >= 11 is 0. The molecule has 6 nitrogen and oxygen atoms in total. The molecule has 1 aliphatic rings. The lowest BCUT2D eigenvalue weighted by atomic mass is 9.93. The number of aliphatic hydroxyl groups excluding tert-OH is 1. The van der Waals surface area contributed by atoms with Gasteiger partial charge in [-0.3, -0.25) is 0 Å². The molecule has 0 aromatic carbocycles. The Morgan fingerprint density at radius 2 is 2.17 bits per heavy atom. The Bertz CT molecular complexity index is 654.